The molecule has 4 rings (SSSR count). The lowest BCUT2D eigenvalue weighted by atomic mass is 9.88. The number of halogens is 2. The van der Waals surface area contributed by atoms with Crippen LogP contribution in [0.25, 0.3) is 10.2 Å². The van der Waals surface area contributed by atoms with Crippen molar-refractivity contribution in [2.75, 3.05) is 0 Å². The van der Waals surface area contributed by atoms with Gasteiger partial charge in [0, 0.05) is 14.9 Å². The summed E-state index contributed by atoms with van der Waals surface area (Å²) in [5.41, 5.74) is 2.11. The Labute approximate surface area is 153 Å². The number of aryl methyl sites for hydroxylation is 1. The first-order valence-electron chi connectivity index (χ1n) is 7.99. The van der Waals surface area contributed by atoms with Crippen molar-refractivity contribution < 1.29 is 0 Å². The fraction of sp³-hybridized carbons (Fsp3) is 0.333. The van der Waals surface area contributed by atoms with Crippen LogP contribution < -0.4 is 5.56 Å². The summed E-state index contributed by atoms with van der Waals surface area (Å²) >= 11 is 13.9. The van der Waals surface area contributed by atoms with Gasteiger partial charge < -0.3 is 0 Å². The van der Waals surface area contributed by atoms with E-state index in [1.807, 2.05) is 6.07 Å². The van der Waals surface area contributed by atoms with Gasteiger partial charge in [-0.1, -0.05) is 36.2 Å². The Morgan fingerprint density at radius 3 is 3.00 bits per heavy atom. The fourth-order valence-electron chi connectivity index (χ4n) is 3.46. The van der Waals surface area contributed by atoms with E-state index in [0.717, 1.165) is 28.6 Å². The Balaban J connectivity index is 1.84. The van der Waals surface area contributed by atoms with Crippen molar-refractivity contribution in [3.63, 3.8) is 0 Å². The Hall–Kier alpha value is -1.36. The minimum absolute atomic E-state index is 0.0252. The van der Waals surface area contributed by atoms with Crippen molar-refractivity contribution in [1.82, 2.24) is 9.55 Å². The quantitative estimate of drug-likeness (QED) is 0.609. The molecule has 124 valence electrons. The van der Waals surface area contributed by atoms with E-state index in [1.165, 1.54) is 16.9 Å². The fourth-order valence-corrected chi connectivity index (χ4v) is 5.22. The summed E-state index contributed by atoms with van der Waals surface area (Å²) in [7, 11) is 0. The van der Waals surface area contributed by atoms with Crippen LogP contribution in [-0.2, 0) is 13.0 Å². The van der Waals surface area contributed by atoms with Crippen LogP contribution in [-0.4, -0.2) is 9.55 Å². The molecular formula is C18H16Cl2N2OS. The normalized spacial score (nSPS) is 17.2. The average molecular weight is 379 g/mol. The molecule has 2 aromatic heterocycles. The summed E-state index contributed by atoms with van der Waals surface area (Å²) in [6, 6.07) is 5.34. The highest BCUT2D eigenvalue weighted by Gasteiger charge is 2.24. The molecule has 0 spiro atoms. The van der Waals surface area contributed by atoms with Gasteiger partial charge in [-0.05, 0) is 48.4 Å². The maximum atomic E-state index is 13.1. The first kappa shape index (κ1) is 16.1. The zero-order valence-electron chi connectivity index (χ0n) is 13.2. The number of rotatable bonds is 2. The predicted octanol–water partition coefficient (Wildman–Crippen LogP) is 5.25. The Bertz CT molecular complexity index is 993. The monoisotopic (exact) mass is 378 g/mol. The highest BCUT2D eigenvalue weighted by atomic mass is 35.5. The van der Waals surface area contributed by atoms with Crippen LogP contribution in [0.4, 0.5) is 0 Å². The first-order valence-corrected chi connectivity index (χ1v) is 9.56. The molecule has 0 aliphatic heterocycles. The largest absolute Gasteiger partial charge is 0.294 e. The zero-order valence-corrected chi connectivity index (χ0v) is 15.5. The number of nitrogens with zero attached hydrogens (tertiary/aromatic N) is 2. The number of aromatic nitrogens is 2. The van der Waals surface area contributed by atoms with Gasteiger partial charge in [0.05, 0.1) is 18.3 Å². The minimum atomic E-state index is 0.0252. The molecule has 0 fully saturated rings. The summed E-state index contributed by atoms with van der Waals surface area (Å²) in [6.45, 7) is 2.60. The van der Waals surface area contributed by atoms with Crippen molar-refractivity contribution in [2.45, 2.75) is 38.6 Å². The predicted molar refractivity (Wildman–Crippen MR) is 101 cm³/mol. The maximum Gasteiger partial charge on any atom is 0.262 e. The second kappa shape index (κ2) is 6.17. The number of thiophene rings is 1. The molecule has 1 aromatic carbocycles. The molecule has 24 heavy (non-hydrogen) atoms. The van der Waals surface area contributed by atoms with E-state index in [2.05, 4.69) is 11.9 Å². The van der Waals surface area contributed by atoms with Crippen molar-refractivity contribution in [3.8, 4) is 0 Å². The molecule has 0 amide bonds. The summed E-state index contributed by atoms with van der Waals surface area (Å²) in [6.07, 6.45) is 5.01. The second-order valence-corrected chi connectivity index (χ2v) is 8.25. The number of hydrogen-bond acceptors (Lipinski definition) is 3. The SMILES string of the molecule is CC1CCCc2sc3ncn(Cc4ccc(Cl)cc4Cl)c(=O)c3c21. The zero-order chi connectivity index (χ0) is 16.8. The van der Waals surface area contributed by atoms with Gasteiger partial charge in [0.1, 0.15) is 4.83 Å². The lowest BCUT2D eigenvalue weighted by molar-refractivity contribution is 0.601. The van der Waals surface area contributed by atoms with Gasteiger partial charge in [0.25, 0.3) is 5.56 Å². The molecule has 1 aliphatic rings. The Kier molecular flexibility index (Phi) is 4.15. The molecular weight excluding hydrogens is 363 g/mol. The van der Waals surface area contributed by atoms with Gasteiger partial charge in [0.15, 0.2) is 0 Å². The first-order chi connectivity index (χ1) is 11.5. The third-order valence-electron chi connectivity index (χ3n) is 4.68. The van der Waals surface area contributed by atoms with Crippen LogP contribution >= 0.6 is 34.5 Å². The smallest absolute Gasteiger partial charge is 0.262 e. The standard InChI is InChI=1S/C18H16Cl2N2OS/c1-10-3-2-4-14-15(10)16-17(24-14)21-9-22(18(16)23)8-11-5-6-12(19)7-13(11)20/h5-7,9-10H,2-4,8H2,1H3. The summed E-state index contributed by atoms with van der Waals surface area (Å²) in [5, 5.41) is 1.95. The molecule has 3 nitrogen and oxygen atoms in total. The van der Waals surface area contributed by atoms with E-state index in [0.29, 0.717) is 22.5 Å². The lowest BCUT2D eigenvalue weighted by Crippen LogP contribution is -2.22. The molecule has 1 aliphatic carbocycles. The third-order valence-corrected chi connectivity index (χ3v) is 6.44. The van der Waals surface area contributed by atoms with Gasteiger partial charge in [-0.15, -0.1) is 11.3 Å². The summed E-state index contributed by atoms with van der Waals surface area (Å²) < 4.78 is 1.64. The molecule has 0 bridgehead atoms. The number of hydrogen-bond donors (Lipinski definition) is 0. The molecule has 3 aromatic rings. The van der Waals surface area contributed by atoms with Crippen LogP contribution in [0.3, 0.4) is 0 Å². The van der Waals surface area contributed by atoms with Crippen LogP contribution in [0.1, 0.15) is 41.7 Å². The molecule has 0 radical (unpaired) electrons. The minimum Gasteiger partial charge on any atom is -0.294 e. The van der Waals surface area contributed by atoms with E-state index in [4.69, 9.17) is 23.2 Å². The van der Waals surface area contributed by atoms with Crippen LogP contribution in [0.2, 0.25) is 10.0 Å². The Morgan fingerprint density at radius 2 is 2.21 bits per heavy atom. The van der Waals surface area contributed by atoms with Crippen molar-refractivity contribution >= 4 is 44.8 Å². The maximum absolute atomic E-state index is 13.1. The van der Waals surface area contributed by atoms with Gasteiger partial charge in [-0.25, -0.2) is 4.98 Å². The third kappa shape index (κ3) is 2.67. The summed E-state index contributed by atoms with van der Waals surface area (Å²) in [4.78, 5) is 19.8. The van der Waals surface area contributed by atoms with Crippen molar-refractivity contribution in [1.29, 1.82) is 0 Å². The average Bonchev–Trinajstić information content (AvgIpc) is 2.93. The van der Waals surface area contributed by atoms with Gasteiger partial charge in [0.2, 0.25) is 0 Å². The highest BCUT2D eigenvalue weighted by molar-refractivity contribution is 7.18. The molecule has 1 atom stereocenters. The molecule has 0 saturated carbocycles. The van der Waals surface area contributed by atoms with Crippen LogP contribution in [0, 0.1) is 0 Å². The van der Waals surface area contributed by atoms with E-state index < -0.39 is 0 Å². The molecule has 0 saturated heterocycles. The molecule has 6 heteroatoms. The lowest BCUT2D eigenvalue weighted by Gasteiger charge is -2.18. The van der Waals surface area contributed by atoms with E-state index >= 15 is 0 Å². The van der Waals surface area contributed by atoms with Crippen molar-refractivity contribution in [3.05, 3.63) is 60.9 Å². The molecule has 2 heterocycles. The van der Waals surface area contributed by atoms with Gasteiger partial charge >= 0.3 is 0 Å². The van der Waals surface area contributed by atoms with E-state index in [9.17, 15) is 4.79 Å². The van der Waals surface area contributed by atoms with Crippen LogP contribution in [0.5, 0.6) is 0 Å². The molecule has 0 N–H and O–H groups in total. The highest BCUT2D eigenvalue weighted by Crippen LogP contribution is 2.39. The van der Waals surface area contributed by atoms with E-state index in [-0.39, 0.29) is 5.56 Å². The summed E-state index contributed by atoms with van der Waals surface area (Å²) in [5.74, 6) is 0.423. The van der Waals surface area contributed by atoms with Crippen LogP contribution in [0.15, 0.2) is 29.3 Å². The van der Waals surface area contributed by atoms with Crippen molar-refractivity contribution in [2.24, 2.45) is 0 Å². The van der Waals surface area contributed by atoms with Gasteiger partial charge in [-0.3, -0.25) is 9.36 Å². The van der Waals surface area contributed by atoms with E-state index in [1.54, 1.807) is 34.4 Å². The second-order valence-electron chi connectivity index (χ2n) is 6.33. The number of benzene rings is 1. The van der Waals surface area contributed by atoms with Gasteiger partial charge in [-0.2, -0.15) is 0 Å². The number of fused-ring (bicyclic) bond motifs is 3. The Morgan fingerprint density at radius 1 is 1.38 bits per heavy atom. The topological polar surface area (TPSA) is 34.9 Å². The molecule has 1 unspecified atom stereocenters.